The van der Waals surface area contributed by atoms with Crippen molar-refractivity contribution in [1.29, 1.82) is 0 Å². The van der Waals surface area contributed by atoms with Gasteiger partial charge in [-0.15, -0.1) is 0 Å². The van der Waals surface area contributed by atoms with Crippen molar-refractivity contribution in [3.63, 3.8) is 0 Å². The molecule has 1 atom stereocenters. The molecule has 0 aromatic heterocycles. The van der Waals surface area contributed by atoms with E-state index in [9.17, 15) is 9.59 Å². The average molecular weight is 327 g/mol. The molecule has 0 saturated carbocycles. The summed E-state index contributed by atoms with van der Waals surface area (Å²) in [6.45, 7) is 0. The summed E-state index contributed by atoms with van der Waals surface area (Å²) < 4.78 is 0. The van der Waals surface area contributed by atoms with E-state index in [0.717, 1.165) is 16.5 Å². The molecule has 2 aromatic rings. The van der Waals surface area contributed by atoms with Crippen molar-refractivity contribution in [2.75, 3.05) is 19.4 Å². The Morgan fingerprint density at radius 2 is 2.00 bits per heavy atom. The largest absolute Gasteiger partial charge is 0.325 e. The van der Waals surface area contributed by atoms with E-state index in [0.29, 0.717) is 5.17 Å². The Balaban J connectivity index is 1.74. The highest BCUT2D eigenvalue weighted by Crippen LogP contribution is 2.29. The van der Waals surface area contributed by atoms with Crippen molar-refractivity contribution in [2.45, 2.75) is 11.7 Å². The van der Waals surface area contributed by atoms with Gasteiger partial charge in [0, 0.05) is 31.6 Å². The summed E-state index contributed by atoms with van der Waals surface area (Å²) in [5, 5.41) is 5.21. The van der Waals surface area contributed by atoms with Gasteiger partial charge in [0.2, 0.25) is 11.8 Å². The molecule has 2 aromatic carbocycles. The van der Waals surface area contributed by atoms with Crippen LogP contribution in [0.2, 0.25) is 0 Å². The number of fused-ring (bicyclic) bond motifs is 1. The molecule has 118 valence electrons. The molecule has 6 heteroatoms. The fraction of sp³-hybridized carbons (Fsp3) is 0.235. The van der Waals surface area contributed by atoms with Crippen LogP contribution < -0.4 is 5.32 Å². The van der Waals surface area contributed by atoms with E-state index in [2.05, 4.69) is 10.3 Å². The van der Waals surface area contributed by atoms with Crippen molar-refractivity contribution in [1.82, 2.24) is 4.90 Å². The quantitative estimate of drug-likeness (QED) is 0.943. The summed E-state index contributed by atoms with van der Waals surface area (Å²) in [7, 11) is 3.32. The number of hydrogen-bond donors (Lipinski definition) is 1. The monoisotopic (exact) mass is 327 g/mol. The molecule has 23 heavy (non-hydrogen) atoms. The number of nitrogens with one attached hydrogen (secondary N) is 1. The lowest BCUT2D eigenvalue weighted by Crippen LogP contribution is -2.30. The smallest absolute Gasteiger partial charge is 0.242 e. The van der Waals surface area contributed by atoms with Crippen molar-refractivity contribution in [3.05, 3.63) is 42.5 Å². The van der Waals surface area contributed by atoms with Crippen molar-refractivity contribution < 1.29 is 9.59 Å². The third-order valence-corrected chi connectivity index (χ3v) is 5.09. The first-order valence-corrected chi connectivity index (χ1v) is 8.16. The number of aliphatic imine (C=N–C) groups is 1. The molecule has 1 N–H and O–H groups in total. The second-order valence-electron chi connectivity index (χ2n) is 5.29. The van der Waals surface area contributed by atoms with Crippen LogP contribution in [0.5, 0.6) is 0 Å². The Labute approximate surface area is 138 Å². The van der Waals surface area contributed by atoms with Crippen LogP contribution in [0.4, 0.5) is 5.69 Å². The zero-order chi connectivity index (χ0) is 16.4. The van der Waals surface area contributed by atoms with Crippen LogP contribution >= 0.6 is 11.8 Å². The molecule has 1 aliphatic heterocycles. The van der Waals surface area contributed by atoms with Crippen LogP contribution in [0.3, 0.4) is 0 Å². The zero-order valence-corrected chi connectivity index (χ0v) is 13.8. The molecule has 1 saturated heterocycles. The van der Waals surface area contributed by atoms with E-state index >= 15 is 0 Å². The fourth-order valence-corrected chi connectivity index (χ4v) is 3.70. The van der Waals surface area contributed by atoms with Crippen LogP contribution in [-0.4, -0.2) is 41.2 Å². The third-order valence-electron chi connectivity index (χ3n) is 3.77. The molecule has 0 unspecified atom stereocenters. The Morgan fingerprint density at radius 1 is 1.26 bits per heavy atom. The second-order valence-corrected chi connectivity index (χ2v) is 6.46. The summed E-state index contributed by atoms with van der Waals surface area (Å²) >= 11 is 1.33. The molecule has 0 bridgehead atoms. The van der Waals surface area contributed by atoms with Gasteiger partial charge >= 0.3 is 0 Å². The lowest BCUT2D eigenvalue weighted by atomic mass is 10.1. The SMILES string of the molecule is CN=C1S[C@H](CC(=O)Nc2cccc3ccccc23)C(=O)N1C. The standard InChI is InChI=1S/C17H17N3O2S/c1-18-17-20(2)16(22)14(23-17)10-15(21)19-13-9-5-7-11-6-3-4-8-12(11)13/h3-9,14H,10H2,1-2H3,(H,19,21)/t14-/m1/s1. The predicted octanol–water partition coefficient (Wildman–Crippen LogP) is 2.73. The normalized spacial score (nSPS) is 19.6. The molecule has 1 aliphatic rings. The first-order valence-electron chi connectivity index (χ1n) is 7.29. The fourth-order valence-electron chi connectivity index (χ4n) is 2.60. The number of amides is 2. The molecule has 2 amide bonds. The molecule has 3 rings (SSSR count). The van der Waals surface area contributed by atoms with Gasteiger partial charge in [-0.3, -0.25) is 19.5 Å². The minimum absolute atomic E-state index is 0.0799. The molecule has 1 fully saturated rings. The highest BCUT2D eigenvalue weighted by molar-refractivity contribution is 8.15. The van der Waals surface area contributed by atoms with E-state index in [-0.39, 0.29) is 18.2 Å². The number of carbonyl (C=O) groups excluding carboxylic acids is 2. The number of benzene rings is 2. The molecule has 1 heterocycles. The highest BCUT2D eigenvalue weighted by atomic mass is 32.2. The minimum atomic E-state index is -0.409. The molecule has 0 radical (unpaired) electrons. The van der Waals surface area contributed by atoms with E-state index in [1.807, 2.05) is 42.5 Å². The average Bonchev–Trinajstić information content (AvgIpc) is 2.83. The first-order chi connectivity index (χ1) is 11.1. The summed E-state index contributed by atoms with van der Waals surface area (Å²) in [6, 6.07) is 13.6. The van der Waals surface area contributed by atoms with E-state index < -0.39 is 5.25 Å². The Hall–Kier alpha value is -2.34. The summed E-state index contributed by atoms with van der Waals surface area (Å²) in [6.07, 6.45) is 0.135. The summed E-state index contributed by atoms with van der Waals surface area (Å²) in [5.74, 6) is -0.248. The Morgan fingerprint density at radius 3 is 2.74 bits per heavy atom. The van der Waals surface area contributed by atoms with Crippen LogP contribution in [0.15, 0.2) is 47.5 Å². The molecule has 0 aliphatic carbocycles. The molecular weight excluding hydrogens is 310 g/mol. The Kier molecular flexibility index (Phi) is 4.34. The van der Waals surface area contributed by atoms with Crippen LogP contribution in [-0.2, 0) is 9.59 Å². The first kappa shape index (κ1) is 15.6. The minimum Gasteiger partial charge on any atom is -0.325 e. The van der Waals surface area contributed by atoms with Gasteiger partial charge in [-0.2, -0.15) is 0 Å². The maximum Gasteiger partial charge on any atom is 0.242 e. The van der Waals surface area contributed by atoms with Crippen molar-refractivity contribution in [3.8, 4) is 0 Å². The third kappa shape index (κ3) is 3.07. The Bertz CT molecular complexity index is 798. The van der Waals surface area contributed by atoms with Gasteiger partial charge in [-0.25, -0.2) is 0 Å². The van der Waals surface area contributed by atoms with Gasteiger partial charge in [0.05, 0.1) is 0 Å². The second kappa shape index (κ2) is 6.42. The topological polar surface area (TPSA) is 61.8 Å². The van der Waals surface area contributed by atoms with Gasteiger partial charge in [-0.05, 0) is 11.5 Å². The number of hydrogen-bond acceptors (Lipinski definition) is 4. The van der Waals surface area contributed by atoms with E-state index in [1.165, 1.54) is 16.7 Å². The number of anilines is 1. The molecule has 5 nitrogen and oxygen atoms in total. The number of rotatable bonds is 3. The van der Waals surface area contributed by atoms with E-state index in [4.69, 9.17) is 0 Å². The van der Waals surface area contributed by atoms with Crippen LogP contribution in [0.1, 0.15) is 6.42 Å². The van der Waals surface area contributed by atoms with Crippen molar-refractivity contribution >= 4 is 45.2 Å². The number of carbonyl (C=O) groups is 2. The molecular formula is C17H17N3O2S. The lowest BCUT2D eigenvalue weighted by molar-refractivity contribution is -0.127. The highest BCUT2D eigenvalue weighted by Gasteiger charge is 2.36. The van der Waals surface area contributed by atoms with Gasteiger partial charge < -0.3 is 5.32 Å². The van der Waals surface area contributed by atoms with Gasteiger partial charge in [0.25, 0.3) is 0 Å². The van der Waals surface area contributed by atoms with Crippen LogP contribution in [0.25, 0.3) is 10.8 Å². The number of nitrogens with zero attached hydrogens (tertiary/aromatic N) is 2. The summed E-state index contributed by atoms with van der Waals surface area (Å²) in [4.78, 5) is 30.0. The van der Waals surface area contributed by atoms with Gasteiger partial charge in [-0.1, -0.05) is 48.2 Å². The van der Waals surface area contributed by atoms with E-state index in [1.54, 1.807) is 14.1 Å². The predicted molar refractivity (Wildman–Crippen MR) is 94.7 cm³/mol. The zero-order valence-electron chi connectivity index (χ0n) is 12.9. The van der Waals surface area contributed by atoms with Crippen LogP contribution in [0, 0.1) is 0 Å². The summed E-state index contributed by atoms with van der Waals surface area (Å²) in [5.41, 5.74) is 0.765. The maximum atomic E-state index is 12.3. The maximum absolute atomic E-state index is 12.3. The number of amidine groups is 1. The number of thioether (sulfide) groups is 1. The van der Waals surface area contributed by atoms with Gasteiger partial charge in [0.1, 0.15) is 5.25 Å². The lowest BCUT2D eigenvalue weighted by Gasteiger charge is -2.11. The van der Waals surface area contributed by atoms with Gasteiger partial charge in [0.15, 0.2) is 5.17 Å². The molecule has 0 spiro atoms. The van der Waals surface area contributed by atoms with Crippen molar-refractivity contribution in [2.24, 2.45) is 4.99 Å².